The zero-order chi connectivity index (χ0) is 25.4. The van der Waals surface area contributed by atoms with Crippen molar-refractivity contribution in [3.63, 3.8) is 0 Å². The van der Waals surface area contributed by atoms with Gasteiger partial charge in [0, 0.05) is 23.7 Å². The fourth-order valence-electron chi connectivity index (χ4n) is 3.76. The topological polar surface area (TPSA) is 142 Å². The van der Waals surface area contributed by atoms with Gasteiger partial charge in [0.25, 0.3) is 0 Å². The van der Waals surface area contributed by atoms with Crippen LogP contribution < -0.4 is 5.32 Å². The maximum absolute atomic E-state index is 15.8. The molecule has 2 saturated heterocycles. The van der Waals surface area contributed by atoms with Gasteiger partial charge in [-0.05, 0) is 25.1 Å². The Kier molecular flexibility index (Phi) is 7.51. The zero-order valence-corrected chi connectivity index (χ0v) is 20.2. The van der Waals surface area contributed by atoms with Crippen LogP contribution in [0.15, 0.2) is 36.5 Å². The summed E-state index contributed by atoms with van der Waals surface area (Å²) in [6, 6.07) is 5.62. The van der Waals surface area contributed by atoms with Crippen molar-refractivity contribution < 1.29 is 51.4 Å². The molecule has 12 nitrogen and oxygen atoms in total. The van der Waals surface area contributed by atoms with E-state index in [9.17, 15) is 19.3 Å². The van der Waals surface area contributed by atoms with Crippen molar-refractivity contribution in [2.24, 2.45) is 0 Å². The number of amides is 2. The van der Waals surface area contributed by atoms with Crippen molar-refractivity contribution >= 4 is 31.4 Å². The summed E-state index contributed by atoms with van der Waals surface area (Å²) in [6.07, 6.45) is -4.46. The number of hydrogen-bond acceptors (Lipinski definition) is 10. The predicted molar refractivity (Wildman–Crippen MR) is 115 cm³/mol. The number of nitrogens with one attached hydrogen (secondary N) is 1. The van der Waals surface area contributed by atoms with E-state index in [-0.39, 0.29) is 0 Å². The maximum atomic E-state index is 15.8. The molecule has 4 rings (SSSR count). The SMILES string of the molecule is CC(=O)O[C@@H]1[C@@H](COP2(=O)OCOC(c3cccc(Cl)c3)O2)O[C@@H](N2C=CC(O)NC2=O)[C@]1(C)F. The molecule has 7 atom stereocenters. The van der Waals surface area contributed by atoms with E-state index < -0.39 is 69.8 Å². The Morgan fingerprint density at radius 1 is 1.46 bits per heavy atom. The van der Waals surface area contributed by atoms with Crippen LogP contribution in [0.5, 0.6) is 0 Å². The van der Waals surface area contributed by atoms with E-state index in [1.54, 1.807) is 24.3 Å². The van der Waals surface area contributed by atoms with Gasteiger partial charge in [0.05, 0.1) is 6.61 Å². The van der Waals surface area contributed by atoms with Gasteiger partial charge >= 0.3 is 19.8 Å². The normalized spacial score (nSPS) is 37.2. The van der Waals surface area contributed by atoms with Crippen molar-refractivity contribution in [2.75, 3.05) is 13.4 Å². The second kappa shape index (κ2) is 10.1. The highest BCUT2D eigenvalue weighted by atomic mass is 35.5. The summed E-state index contributed by atoms with van der Waals surface area (Å²) in [5.74, 6) is -0.812. The molecule has 0 spiro atoms. The smallest absolute Gasteiger partial charge is 0.456 e. The van der Waals surface area contributed by atoms with Crippen molar-refractivity contribution in [3.05, 3.63) is 47.1 Å². The van der Waals surface area contributed by atoms with Crippen molar-refractivity contribution in [1.82, 2.24) is 10.2 Å². The summed E-state index contributed by atoms with van der Waals surface area (Å²) >= 11 is 5.98. The molecule has 0 saturated carbocycles. The number of carbonyl (C=O) groups excluding carboxylic acids is 2. The summed E-state index contributed by atoms with van der Waals surface area (Å²) in [4.78, 5) is 24.8. The number of aliphatic hydroxyl groups is 1. The molecule has 0 aromatic heterocycles. The maximum Gasteiger partial charge on any atom is 0.479 e. The Balaban J connectivity index is 1.49. The lowest BCUT2D eigenvalue weighted by atomic mass is 9.97. The van der Waals surface area contributed by atoms with E-state index >= 15 is 4.39 Å². The lowest BCUT2D eigenvalue weighted by Crippen LogP contribution is -2.56. The van der Waals surface area contributed by atoms with Gasteiger partial charge in [-0.2, -0.15) is 0 Å². The van der Waals surface area contributed by atoms with Gasteiger partial charge in [0.1, 0.15) is 12.3 Å². The van der Waals surface area contributed by atoms with E-state index in [2.05, 4.69) is 5.32 Å². The largest absolute Gasteiger partial charge is 0.479 e. The molecule has 0 bridgehead atoms. The number of nitrogens with zero attached hydrogens (tertiary/aromatic N) is 1. The first-order valence-electron chi connectivity index (χ1n) is 10.4. The minimum absolute atomic E-state index is 0.400. The number of ether oxygens (including phenoxy) is 3. The molecular weight excluding hydrogens is 514 g/mol. The molecule has 0 aliphatic carbocycles. The Morgan fingerprint density at radius 2 is 2.23 bits per heavy atom. The highest BCUT2D eigenvalue weighted by Crippen LogP contribution is 2.56. The van der Waals surface area contributed by atoms with Gasteiger partial charge in [-0.3, -0.25) is 23.3 Å². The highest BCUT2D eigenvalue weighted by molar-refractivity contribution is 7.48. The number of hydrogen-bond donors (Lipinski definition) is 2. The predicted octanol–water partition coefficient (Wildman–Crippen LogP) is 2.73. The second-order valence-electron chi connectivity index (χ2n) is 8.00. The Morgan fingerprint density at radius 3 is 2.91 bits per heavy atom. The summed E-state index contributed by atoms with van der Waals surface area (Å²) in [6.45, 7) is 1.14. The Labute approximate surface area is 204 Å². The molecule has 15 heteroatoms. The van der Waals surface area contributed by atoms with Gasteiger partial charge in [0.15, 0.2) is 31.1 Å². The monoisotopic (exact) mass is 536 g/mol. The minimum atomic E-state index is -4.23. The van der Waals surface area contributed by atoms with Gasteiger partial charge in [-0.1, -0.05) is 23.7 Å². The fraction of sp³-hybridized carbons (Fsp3) is 0.500. The van der Waals surface area contributed by atoms with Crippen LogP contribution in [0, 0.1) is 0 Å². The molecule has 3 aliphatic rings. The van der Waals surface area contributed by atoms with Crippen LogP contribution in [0.3, 0.4) is 0 Å². The van der Waals surface area contributed by atoms with Gasteiger partial charge in [-0.15, -0.1) is 0 Å². The van der Waals surface area contributed by atoms with Gasteiger partial charge < -0.3 is 24.6 Å². The average molecular weight is 537 g/mol. The Bertz CT molecular complexity index is 1060. The van der Waals surface area contributed by atoms with Gasteiger partial charge in [-0.25, -0.2) is 13.8 Å². The number of aliphatic hydroxyl groups excluding tert-OH is 1. The van der Waals surface area contributed by atoms with Crippen LogP contribution in [0.1, 0.15) is 25.7 Å². The second-order valence-corrected chi connectivity index (χ2v) is 10.1. The number of carbonyl (C=O) groups is 2. The molecule has 2 N–H and O–H groups in total. The van der Waals surface area contributed by atoms with E-state index in [4.69, 9.17) is 39.4 Å². The van der Waals surface area contributed by atoms with Crippen molar-refractivity contribution in [2.45, 2.75) is 50.5 Å². The van der Waals surface area contributed by atoms with Crippen LogP contribution in [-0.2, 0) is 37.1 Å². The average Bonchev–Trinajstić information content (AvgIpc) is 3.02. The van der Waals surface area contributed by atoms with Crippen LogP contribution in [0.25, 0.3) is 0 Å². The lowest BCUT2D eigenvalue weighted by molar-refractivity contribution is -0.191. The van der Waals surface area contributed by atoms with Gasteiger partial charge in [0.2, 0.25) is 0 Å². The fourth-order valence-corrected chi connectivity index (χ4v) is 5.09. The third-order valence-corrected chi connectivity index (χ3v) is 6.91. The molecule has 2 amide bonds. The highest BCUT2D eigenvalue weighted by Gasteiger charge is 2.60. The molecule has 1 aromatic carbocycles. The minimum Gasteiger partial charge on any atom is -0.456 e. The van der Waals surface area contributed by atoms with Crippen LogP contribution in [0.4, 0.5) is 9.18 Å². The number of esters is 1. The number of alkyl halides is 1. The molecule has 2 fully saturated rings. The first-order chi connectivity index (χ1) is 16.5. The Hall–Kier alpha value is -2.09. The molecule has 3 heterocycles. The number of phosphoric ester groups is 1. The molecule has 35 heavy (non-hydrogen) atoms. The lowest BCUT2D eigenvalue weighted by Gasteiger charge is -2.34. The quantitative estimate of drug-likeness (QED) is 0.411. The number of benzene rings is 1. The van der Waals surface area contributed by atoms with Crippen molar-refractivity contribution in [3.8, 4) is 0 Å². The van der Waals surface area contributed by atoms with Crippen molar-refractivity contribution in [1.29, 1.82) is 0 Å². The number of phosphoric acid groups is 1. The molecule has 1 aromatic rings. The first kappa shape index (κ1) is 26.0. The summed E-state index contributed by atoms with van der Waals surface area (Å²) in [7, 11) is -4.23. The number of halogens is 2. The van der Waals surface area contributed by atoms with Crippen LogP contribution >= 0.6 is 19.4 Å². The first-order valence-corrected chi connectivity index (χ1v) is 12.2. The van der Waals surface area contributed by atoms with E-state index in [1.165, 1.54) is 6.08 Å². The van der Waals surface area contributed by atoms with E-state index in [0.717, 1.165) is 24.9 Å². The third-order valence-electron chi connectivity index (χ3n) is 5.33. The summed E-state index contributed by atoms with van der Waals surface area (Å²) < 4.78 is 60.8. The van der Waals surface area contributed by atoms with E-state index in [0.29, 0.717) is 10.6 Å². The molecule has 192 valence electrons. The molecule has 0 radical (unpaired) electrons. The standard InChI is InChI=1S/C20H23ClFN2O10P/c1-11(25)32-16-14(33-18(20(16,2)22)24-7-6-15(26)23-19(24)27)9-30-35(28)31-10-29-17(34-35)12-4-3-5-13(21)8-12/h3-8,14-18,26H,9-10H2,1-2H3,(H,23,27)/t14-,15?,16-,17?,18-,20-,35?/m1/s1. The number of rotatable bonds is 6. The number of urea groups is 1. The molecule has 3 aliphatic heterocycles. The summed E-state index contributed by atoms with van der Waals surface area (Å²) in [5.41, 5.74) is -1.96. The van der Waals surface area contributed by atoms with E-state index in [1.807, 2.05) is 0 Å². The third kappa shape index (κ3) is 5.68. The van der Waals surface area contributed by atoms with Crippen LogP contribution in [-0.4, -0.2) is 65.7 Å². The molecule has 3 unspecified atom stereocenters. The van der Waals surface area contributed by atoms with Crippen LogP contribution in [0.2, 0.25) is 5.02 Å². The molecular formula is C20H23ClFN2O10P. The summed E-state index contributed by atoms with van der Waals surface area (Å²) in [5, 5.41) is 12.1. The zero-order valence-electron chi connectivity index (χ0n) is 18.5.